The van der Waals surface area contributed by atoms with Crippen LogP contribution in [0.2, 0.25) is 0 Å². The number of nitrogens with zero attached hydrogens (tertiary/aromatic N) is 12. The third kappa shape index (κ3) is 8.58. The van der Waals surface area contributed by atoms with Crippen LogP contribution in [0.4, 0.5) is 23.3 Å². The fourth-order valence-electron chi connectivity index (χ4n) is 8.73. The lowest BCUT2D eigenvalue weighted by Gasteiger charge is -2.13. The van der Waals surface area contributed by atoms with E-state index in [0.29, 0.717) is 11.9 Å². The number of hydrogen-bond acceptors (Lipinski definition) is 10. The zero-order valence-electron chi connectivity index (χ0n) is 35.4. The van der Waals surface area contributed by atoms with E-state index in [1.165, 1.54) is 82.1 Å². The van der Waals surface area contributed by atoms with Crippen molar-refractivity contribution in [3.8, 4) is 0 Å². The number of aromatic amines is 2. The van der Waals surface area contributed by atoms with E-state index in [1.54, 1.807) is 10.0 Å². The van der Waals surface area contributed by atoms with Crippen LogP contribution in [0.25, 0.3) is 43.6 Å². The summed E-state index contributed by atoms with van der Waals surface area (Å²) in [4.78, 5) is 0. The normalized spacial score (nSPS) is 11.9. The quantitative estimate of drug-likeness (QED) is 0.0464. The summed E-state index contributed by atoms with van der Waals surface area (Å²) in [6.07, 6.45) is 13.5. The van der Waals surface area contributed by atoms with Crippen molar-refractivity contribution in [1.82, 2.24) is 50.4 Å². The summed E-state index contributed by atoms with van der Waals surface area (Å²) in [7, 11) is 0. The summed E-state index contributed by atoms with van der Waals surface area (Å²) < 4.78 is 4.98. The molecule has 0 aliphatic heterocycles. The minimum Gasteiger partial charge on any atom is -0.340 e. The smallest absolute Gasteiger partial charge is 0.290 e. The van der Waals surface area contributed by atoms with Crippen LogP contribution >= 0.6 is 0 Å². The fourth-order valence-corrected chi connectivity index (χ4v) is 8.73. The van der Waals surface area contributed by atoms with Gasteiger partial charge in [-0.15, -0.1) is 10.2 Å². The zero-order valence-corrected chi connectivity index (χ0v) is 35.4. The monoisotopic (exact) mass is 844 g/mol. The number of anilines is 4. The van der Waals surface area contributed by atoms with Crippen molar-refractivity contribution in [3.05, 3.63) is 157 Å². The third-order valence-electron chi connectivity index (χ3n) is 11.8. The van der Waals surface area contributed by atoms with Gasteiger partial charge in [0.05, 0.1) is 23.8 Å². The molecule has 0 aliphatic rings. The Balaban J connectivity index is 0.719. The van der Waals surface area contributed by atoms with Crippen LogP contribution in [-0.4, -0.2) is 62.8 Å². The Bertz CT molecular complexity index is 2920. The molecule has 0 radical (unpaired) electrons. The SMILES string of the molecule is C(=NN(c1ccccc1)c1nn[nH]n1)c1ccc2c(c1)c1ccccc1n2CCCCCCCCCCn1c2ccccc2c2cc(C=NN(c3ccccc3)c3nn[nH]n3)ccc21. The first-order chi connectivity index (χ1) is 31.8. The number of aryl methyl sites for hydroxylation is 2. The van der Waals surface area contributed by atoms with Gasteiger partial charge in [-0.25, -0.2) is 0 Å². The summed E-state index contributed by atoms with van der Waals surface area (Å²) in [6, 6.07) is 50.3. The van der Waals surface area contributed by atoms with Crippen LogP contribution in [0.3, 0.4) is 0 Å². The Morgan fingerprint density at radius 2 is 0.812 bits per heavy atom. The van der Waals surface area contributed by atoms with Crippen LogP contribution in [0.1, 0.15) is 62.5 Å². The molecular formula is C50H48N14. The first-order valence-electron chi connectivity index (χ1n) is 22.1. The van der Waals surface area contributed by atoms with E-state index in [4.69, 9.17) is 10.2 Å². The molecular weight excluding hydrogens is 797 g/mol. The number of fused-ring (bicyclic) bond motifs is 6. The number of rotatable bonds is 19. The average Bonchev–Trinajstić information content (AvgIpc) is 4.18. The molecule has 0 fully saturated rings. The Kier molecular flexibility index (Phi) is 11.9. The first-order valence-corrected chi connectivity index (χ1v) is 22.1. The first kappa shape index (κ1) is 40.1. The lowest BCUT2D eigenvalue weighted by atomic mass is 10.1. The van der Waals surface area contributed by atoms with Gasteiger partial charge in [0.2, 0.25) is 0 Å². The van der Waals surface area contributed by atoms with Crippen LogP contribution in [0.5, 0.6) is 0 Å². The molecule has 0 unspecified atom stereocenters. The Hall–Kier alpha value is -8.00. The van der Waals surface area contributed by atoms with Crippen molar-refractivity contribution in [2.45, 2.75) is 64.5 Å². The Morgan fingerprint density at radius 3 is 1.23 bits per heavy atom. The molecule has 4 heterocycles. The number of unbranched alkanes of at least 4 members (excludes halogenated alkanes) is 7. The molecule has 0 saturated carbocycles. The molecule has 0 bridgehead atoms. The Morgan fingerprint density at radius 1 is 0.422 bits per heavy atom. The second-order valence-electron chi connectivity index (χ2n) is 15.9. The second-order valence-corrected chi connectivity index (χ2v) is 15.9. The van der Waals surface area contributed by atoms with Crippen LogP contribution in [0, 0.1) is 0 Å². The number of nitrogens with one attached hydrogen (secondary N) is 2. The van der Waals surface area contributed by atoms with Crippen molar-refractivity contribution >= 4 is 79.3 Å². The highest BCUT2D eigenvalue weighted by molar-refractivity contribution is 6.10. The molecule has 2 N–H and O–H groups in total. The van der Waals surface area contributed by atoms with Gasteiger partial charge in [-0.1, -0.05) is 134 Å². The largest absolute Gasteiger partial charge is 0.340 e. The number of hydrogen-bond donors (Lipinski definition) is 2. The standard InChI is InChI=1S/C50H48N14/c1(3-5-17-31-61-45-25-15-13-23-41(45)43-33-37(27-29-47(43)61)35-51-63(49-53-57-58-54-49)39-19-9-7-10-20-39)2-4-6-18-32-62-46-26-16-14-24-42(46)44-34-38(28-30-48(44)62)36-52-64(50-55-59-60-56-50)40-21-11-8-12-22-40/h7-16,19-30,33-36H,1-6,17-18,31-32H2,(H,53,54,57,58)(H,55,56,59,60). The van der Waals surface area contributed by atoms with Crippen molar-refractivity contribution in [2.24, 2.45) is 10.2 Å². The topological polar surface area (TPSA) is 150 Å². The summed E-state index contributed by atoms with van der Waals surface area (Å²) in [5, 5.41) is 47.1. The molecule has 0 saturated heterocycles. The van der Waals surface area contributed by atoms with E-state index in [-0.39, 0.29) is 0 Å². The van der Waals surface area contributed by atoms with E-state index < -0.39 is 0 Å². The van der Waals surface area contributed by atoms with E-state index in [2.05, 4.69) is 135 Å². The summed E-state index contributed by atoms with van der Waals surface area (Å²) in [6.45, 7) is 1.99. The van der Waals surface area contributed by atoms with Crippen molar-refractivity contribution in [2.75, 3.05) is 10.0 Å². The van der Waals surface area contributed by atoms with Gasteiger partial charge in [-0.2, -0.15) is 30.6 Å². The zero-order chi connectivity index (χ0) is 42.9. The van der Waals surface area contributed by atoms with Gasteiger partial charge < -0.3 is 9.13 Å². The molecule has 0 aliphatic carbocycles. The number of H-pyrrole nitrogens is 2. The van der Waals surface area contributed by atoms with E-state index in [9.17, 15) is 0 Å². The molecule has 0 spiro atoms. The van der Waals surface area contributed by atoms with Crippen molar-refractivity contribution in [1.29, 1.82) is 0 Å². The van der Waals surface area contributed by atoms with Crippen LogP contribution < -0.4 is 10.0 Å². The van der Waals surface area contributed by atoms with Gasteiger partial charge in [0, 0.05) is 56.7 Å². The van der Waals surface area contributed by atoms with E-state index in [1.807, 2.05) is 73.1 Å². The molecule has 4 aromatic heterocycles. The summed E-state index contributed by atoms with van der Waals surface area (Å²) >= 11 is 0. The second kappa shape index (κ2) is 18.9. The molecule has 64 heavy (non-hydrogen) atoms. The molecule has 0 atom stereocenters. The molecule has 318 valence electrons. The van der Waals surface area contributed by atoms with Gasteiger partial charge in [0.1, 0.15) is 0 Å². The van der Waals surface area contributed by atoms with Crippen molar-refractivity contribution < 1.29 is 0 Å². The van der Waals surface area contributed by atoms with Crippen molar-refractivity contribution in [3.63, 3.8) is 0 Å². The molecule has 14 nitrogen and oxygen atoms in total. The Labute approximate surface area is 369 Å². The minimum atomic E-state index is 0.380. The maximum atomic E-state index is 4.77. The average molecular weight is 845 g/mol. The van der Waals surface area contributed by atoms with E-state index in [0.717, 1.165) is 48.4 Å². The molecule has 0 amide bonds. The lowest BCUT2D eigenvalue weighted by Crippen LogP contribution is -2.11. The lowest BCUT2D eigenvalue weighted by molar-refractivity contribution is 0.536. The van der Waals surface area contributed by atoms with Gasteiger partial charge in [-0.3, -0.25) is 0 Å². The fraction of sp³-hybridized carbons (Fsp3) is 0.200. The highest BCUT2D eigenvalue weighted by atomic mass is 15.6. The number of benzene rings is 6. The number of aromatic nitrogens is 10. The van der Waals surface area contributed by atoms with E-state index >= 15 is 0 Å². The van der Waals surface area contributed by atoms with Gasteiger partial charge in [-0.05, 0) is 95.1 Å². The number of tetrazole rings is 2. The summed E-state index contributed by atoms with van der Waals surface area (Å²) in [5.41, 5.74) is 8.75. The predicted octanol–water partition coefficient (Wildman–Crippen LogP) is 11.1. The molecule has 6 aromatic carbocycles. The van der Waals surface area contributed by atoms with Gasteiger partial charge in [0.15, 0.2) is 0 Å². The maximum Gasteiger partial charge on any atom is 0.290 e. The molecule has 14 heteroatoms. The number of para-hydroxylation sites is 4. The predicted molar refractivity (Wildman–Crippen MR) is 257 cm³/mol. The maximum absolute atomic E-state index is 4.77. The minimum absolute atomic E-state index is 0.380. The third-order valence-corrected chi connectivity index (χ3v) is 11.8. The molecule has 10 aromatic rings. The highest BCUT2D eigenvalue weighted by Crippen LogP contribution is 2.32. The van der Waals surface area contributed by atoms with Crippen LogP contribution in [-0.2, 0) is 13.1 Å². The molecule has 10 rings (SSSR count). The summed E-state index contributed by atoms with van der Waals surface area (Å²) in [5.74, 6) is 0.759. The number of hydrazone groups is 2. The van der Waals surface area contributed by atoms with Gasteiger partial charge >= 0.3 is 0 Å². The highest BCUT2D eigenvalue weighted by Gasteiger charge is 2.16. The van der Waals surface area contributed by atoms with Gasteiger partial charge in [0.25, 0.3) is 11.9 Å². The van der Waals surface area contributed by atoms with Crippen LogP contribution in [0.15, 0.2) is 156 Å².